The average molecular weight is 226 g/mol. The van der Waals surface area contributed by atoms with E-state index in [2.05, 4.69) is 9.97 Å². The second kappa shape index (κ2) is 3.88. The van der Waals surface area contributed by atoms with Crippen molar-refractivity contribution in [1.29, 1.82) is 0 Å². The van der Waals surface area contributed by atoms with Crippen molar-refractivity contribution in [1.82, 2.24) is 9.97 Å². The smallest absolute Gasteiger partial charge is 0.303 e. The van der Waals surface area contributed by atoms with E-state index in [-0.39, 0.29) is 6.61 Å². The molecule has 84 valence electrons. The topological polar surface area (TPSA) is 55.0 Å². The van der Waals surface area contributed by atoms with Crippen molar-refractivity contribution in [2.45, 2.75) is 13.5 Å². The Morgan fingerprint density at radius 2 is 2.12 bits per heavy atom. The maximum Gasteiger partial charge on any atom is 0.303 e. The highest BCUT2D eigenvalue weighted by Gasteiger charge is 2.09. The standard InChI is InChI=1S/C10H8F2N2O2/c1-5(15)16-4-10-13-8-2-6(11)7(12)3-9(8)14-10/h2-3H,4H2,1H3,(H,13,14). The van der Waals surface area contributed by atoms with Gasteiger partial charge in [0.15, 0.2) is 11.6 Å². The number of benzene rings is 1. The van der Waals surface area contributed by atoms with E-state index in [1.54, 1.807) is 0 Å². The Morgan fingerprint density at radius 1 is 1.44 bits per heavy atom. The molecule has 2 aromatic rings. The van der Waals surface area contributed by atoms with Crippen LogP contribution in [0.3, 0.4) is 0 Å². The molecule has 1 aromatic carbocycles. The molecule has 0 fully saturated rings. The van der Waals surface area contributed by atoms with Crippen molar-refractivity contribution in [2.75, 3.05) is 0 Å². The van der Waals surface area contributed by atoms with Crippen LogP contribution in [0.1, 0.15) is 12.7 Å². The number of halogens is 2. The summed E-state index contributed by atoms with van der Waals surface area (Å²) in [6.45, 7) is 1.22. The number of fused-ring (bicyclic) bond motifs is 1. The van der Waals surface area contributed by atoms with Gasteiger partial charge in [-0.2, -0.15) is 0 Å². The van der Waals surface area contributed by atoms with Gasteiger partial charge in [-0.05, 0) is 0 Å². The first-order valence-corrected chi connectivity index (χ1v) is 4.53. The highest BCUT2D eigenvalue weighted by molar-refractivity contribution is 5.75. The number of rotatable bonds is 2. The van der Waals surface area contributed by atoms with Gasteiger partial charge >= 0.3 is 5.97 Å². The summed E-state index contributed by atoms with van der Waals surface area (Å²) in [4.78, 5) is 17.2. The fourth-order valence-electron chi connectivity index (χ4n) is 1.30. The predicted octanol–water partition coefficient (Wildman–Crippen LogP) is 1.90. The van der Waals surface area contributed by atoms with Gasteiger partial charge in [0.2, 0.25) is 0 Å². The molecule has 0 aliphatic heterocycles. The molecule has 6 heteroatoms. The summed E-state index contributed by atoms with van der Waals surface area (Å²) in [5.74, 6) is -2.01. The van der Waals surface area contributed by atoms with Crippen molar-refractivity contribution < 1.29 is 18.3 Å². The molecule has 0 atom stereocenters. The van der Waals surface area contributed by atoms with E-state index in [1.807, 2.05) is 0 Å². The summed E-state index contributed by atoms with van der Waals surface area (Å²) < 4.78 is 30.4. The highest BCUT2D eigenvalue weighted by Crippen LogP contribution is 2.16. The van der Waals surface area contributed by atoms with Crippen LogP contribution >= 0.6 is 0 Å². The lowest BCUT2D eigenvalue weighted by molar-refractivity contribution is -0.142. The molecule has 0 aliphatic carbocycles. The van der Waals surface area contributed by atoms with E-state index in [0.717, 1.165) is 12.1 Å². The van der Waals surface area contributed by atoms with Crippen molar-refractivity contribution in [3.8, 4) is 0 Å². The minimum Gasteiger partial charge on any atom is -0.458 e. The fourth-order valence-corrected chi connectivity index (χ4v) is 1.30. The molecule has 0 aliphatic rings. The van der Waals surface area contributed by atoms with Gasteiger partial charge in [-0.15, -0.1) is 0 Å². The number of aromatic nitrogens is 2. The average Bonchev–Trinajstić information content (AvgIpc) is 2.58. The van der Waals surface area contributed by atoms with E-state index < -0.39 is 17.6 Å². The van der Waals surface area contributed by atoms with Gasteiger partial charge in [0, 0.05) is 19.1 Å². The number of esters is 1. The van der Waals surface area contributed by atoms with Crippen LogP contribution in [0, 0.1) is 11.6 Å². The molecule has 0 saturated carbocycles. The number of hydrogen-bond acceptors (Lipinski definition) is 3. The lowest BCUT2D eigenvalue weighted by Crippen LogP contribution is -1.99. The molecule has 0 bridgehead atoms. The number of nitrogens with zero attached hydrogens (tertiary/aromatic N) is 1. The number of aromatic amines is 1. The zero-order chi connectivity index (χ0) is 11.7. The van der Waals surface area contributed by atoms with E-state index >= 15 is 0 Å². The summed E-state index contributed by atoms with van der Waals surface area (Å²) in [6, 6.07) is 1.99. The zero-order valence-corrected chi connectivity index (χ0v) is 8.38. The molecule has 2 rings (SSSR count). The first-order valence-electron chi connectivity index (χ1n) is 4.53. The lowest BCUT2D eigenvalue weighted by atomic mass is 10.3. The summed E-state index contributed by atoms with van der Waals surface area (Å²) in [7, 11) is 0. The second-order valence-corrected chi connectivity index (χ2v) is 3.25. The van der Waals surface area contributed by atoms with Crippen molar-refractivity contribution in [3.05, 3.63) is 29.6 Å². The van der Waals surface area contributed by atoms with Crippen molar-refractivity contribution in [2.24, 2.45) is 0 Å². The third-order valence-corrected chi connectivity index (χ3v) is 1.99. The molecule has 0 spiro atoms. The largest absolute Gasteiger partial charge is 0.458 e. The molecule has 1 heterocycles. The third kappa shape index (κ3) is 2.00. The van der Waals surface area contributed by atoms with Gasteiger partial charge in [0.05, 0.1) is 11.0 Å². The Morgan fingerprint density at radius 3 is 2.81 bits per heavy atom. The molecule has 4 nitrogen and oxygen atoms in total. The maximum absolute atomic E-state index is 12.9. The van der Waals surface area contributed by atoms with E-state index in [0.29, 0.717) is 16.9 Å². The summed E-state index contributed by atoms with van der Waals surface area (Å²) in [6.07, 6.45) is 0. The molecular weight excluding hydrogens is 218 g/mol. The second-order valence-electron chi connectivity index (χ2n) is 3.25. The number of hydrogen-bond donors (Lipinski definition) is 1. The lowest BCUT2D eigenvalue weighted by Gasteiger charge is -1.95. The van der Waals surface area contributed by atoms with Crippen LogP contribution in [-0.2, 0) is 16.1 Å². The molecule has 16 heavy (non-hydrogen) atoms. The number of carbonyl (C=O) groups is 1. The molecule has 0 radical (unpaired) electrons. The van der Waals surface area contributed by atoms with Gasteiger partial charge in [0.1, 0.15) is 12.4 Å². The minimum atomic E-state index is -0.960. The third-order valence-electron chi connectivity index (χ3n) is 1.99. The van der Waals surface area contributed by atoms with E-state index in [9.17, 15) is 13.6 Å². The summed E-state index contributed by atoms with van der Waals surface area (Å²) in [5.41, 5.74) is 0.655. The quantitative estimate of drug-likeness (QED) is 0.795. The number of ether oxygens (including phenoxy) is 1. The van der Waals surface area contributed by atoms with Crippen LogP contribution in [0.5, 0.6) is 0 Å². The number of H-pyrrole nitrogens is 1. The van der Waals surface area contributed by atoms with Gasteiger partial charge in [-0.25, -0.2) is 13.8 Å². The molecule has 0 saturated heterocycles. The van der Waals surface area contributed by atoms with Crippen LogP contribution in [0.15, 0.2) is 12.1 Å². The summed E-state index contributed by atoms with van der Waals surface area (Å²) in [5, 5.41) is 0. The SMILES string of the molecule is CC(=O)OCc1nc2cc(F)c(F)cc2[nH]1. The molecule has 1 N–H and O–H groups in total. The van der Waals surface area contributed by atoms with Gasteiger partial charge in [-0.1, -0.05) is 0 Å². The van der Waals surface area contributed by atoms with E-state index in [4.69, 9.17) is 4.74 Å². The Balaban J connectivity index is 2.33. The normalized spacial score (nSPS) is 10.7. The minimum absolute atomic E-state index is 0.0484. The van der Waals surface area contributed by atoms with E-state index in [1.165, 1.54) is 6.92 Å². The Kier molecular flexibility index (Phi) is 2.55. The van der Waals surface area contributed by atoms with Gasteiger partial charge < -0.3 is 9.72 Å². The molecule has 0 unspecified atom stereocenters. The summed E-state index contributed by atoms with van der Waals surface area (Å²) >= 11 is 0. The van der Waals surface area contributed by atoms with Crippen molar-refractivity contribution >= 4 is 17.0 Å². The highest BCUT2D eigenvalue weighted by atomic mass is 19.2. The Bertz CT molecular complexity index is 512. The monoisotopic (exact) mass is 226 g/mol. The number of nitrogens with one attached hydrogen (secondary N) is 1. The first kappa shape index (κ1) is 10.5. The van der Waals surface area contributed by atoms with Crippen LogP contribution in [0.4, 0.5) is 8.78 Å². The Hall–Kier alpha value is -1.98. The predicted molar refractivity (Wildman–Crippen MR) is 51.5 cm³/mol. The zero-order valence-electron chi connectivity index (χ0n) is 8.38. The number of carbonyl (C=O) groups excluding carboxylic acids is 1. The van der Waals surface area contributed by atoms with Crippen LogP contribution in [0.25, 0.3) is 11.0 Å². The number of imidazole rings is 1. The fraction of sp³-hybridized carbons (Fsp3) is 0.200. The van der Waals surface area contributed by atoms with Gasteiger partial charge in [-0.3, -0.25) is 4.79 Å². The molecular formula is C10H8F2N2O2. The molecule has 1 aromatic heterocycles. The Labute approximate surface area is 89.2 Å². The molecule has 0 amide bonds. The van der Waals surface area contributed by atoms with Crippen LogP contribution < -0.4 is 0 Å². The van der Waals surface area contributed by atoms with Crippen LogP contribution in [-0.4, -0.2) is 15.9 Å². The van der Waals surface area contributed by atoms with Crippen LogP contribution in [0.2, 0.25) is 0 Å². The maximum atomic E-state index is 12.9. The van der Waals surface area contributed by atoms with Gasteiger partial charge in [0.25, 0.3) is 0 Å². The van der Waals surface area contributed by atoms with Crippen molar-refractivity contribution in [3.63, 3.8) is 0 Å². The first-order chi connectivity index (χ1) is 7.56.